The van der Waals surface area contributed by atoms with Gasteiger partial charge >= 0.3 is 5.97 Å². The van der Waals surface area contributed by atoms with E-state index < -0.39 is 17.5 Å². The van der Waals surface area contributed by atoms with Gasteiger partial charge in [0.15, 0.2) is 0 Å². The van der Waals surface area contributed by atoms with Gasteiger partial charge in [0, 0.05) is 0 Å². The average molecular weight is 262 g/mol. The number of carbonyl (C=O) groups excluding carboxylic acids is 1. The SMILES string of the molecule is CCCCC(O)CC(=O)OCC(CC)(CO)CO. The predicted molar refractivity (Wildman–Crippen MR) is 68.0 cm³/mol. The Balaban J connectivity index is 4.01. The zero-order valence-corrected chi connectivity index (χ0v) is 11.4. The van der Waals surface area contributed by atoms with Gasteiger partial charge in [-0.2, -0.15) is 0 Å². The van der Waals surface area contributed by atoms with E-state index in [0.29, 0.717) is 12.8 Å². The lowest BCUT2D eigenvalue weighted by molar-refractivity contribution is -0.152. The molecule has 0 saturated heterocycles. The summed E-state index contributed by atoms with van der Waals surface area (Å²) in [4.78, 5) is 11.5. The Kier molecular flexibility index (Phi) is 8.97. The Morgan fingerprint density at radius 1 is 1.28 bits per heavy atom. The van der Waals surface area contributed by atoms with Crippen LogP contribution in [0, 0.1) is 5.41 Å². The van der Waals surface area contributed by atoms with Crippen molar-refractivity contribution in [1.29, 1.82) is 0 Å². The van der Waals surface area contributed by atoms with E-state index in [0.717, 1.165) is 12.8 Å². The first-order valence-electron chi connectivity index (χ1n) is 6.59. The lowest BCUT2D eigenvalue weighted by Crippen LogP contribution is -2.35. The molecule has 0 aliphatic heterocycles. The third-order valence-electron chi connectivity index (χ3n) is 3.25. The second-order valence-electron chi connectivity index (χ2n) is 4.83. The van der Waals surface area contributed by atoms with Crippen LogP contribution in [-0.4, -0.2) is 47.2 Å². The number of carbonyl (C=O) groups is 1. The van der Waals surface area contributed by atoms with E-state index in [1.165, 1.54) is 0 Å². The second-order valence-corrected chi connectivity index (χ2v) is 4.83. The van der Waals surface area contributed by atoms with E-state index >= 15 is 0 Å². The number of aliphatic hydroxyl groups is 3. The van der Waals surface area contributed by atoms with E-state index in [1.54, 1.807) is 0 Å². The Bertz CT molecular complexity index is 217. The van der Waals surface area contributed by atoms with Crippen molar-refractivity contribution < 1.29 is 24.9 Å². The monoisotopic (exact) mass is 262 g/mol. The third kappa shape index (κ3) is 6.33. The summed E-state index contributed by atoms with van der Waals surface area (Å²) in [6.45, 7) is 3.35. The van der Waals surface area contributed by atoms with Crippen molar-refractivity contribution in [1.82, 2.24) is 0 Å². The molecule has 0 saturated carbocycles. The smallest absolute Gasteiger partial charge is 0.308 e. The highest BCUT2D eigenvalue weighted by molar-refractivity contribution is 5.69. The molecule has 108 valence electrons. The van der Waals surface area contributed by atoms with Crippen LogP contribution >= 0.6 is 0 Å². The standard InChI is InChI=1S/C13H26O5/c1-3-5-6-11(16)7-12(17)18-10-13(4-2,8-14)9-15/h11,14-16H,3-10H2,1-2H3. The van der Waals surface area contributed by atoms with Crippen LogP contribution in [0.2, 0.25) is 0 Å². The molecule has 1 unspecified atom stereocenters. The molecule has 0 spiro atoms. The molecule has 0 bridgehead atoms. The Morgan fingerprint density at radius 2 is 1.89 bits per heavy atom. The van der Waals surface area contributed by atoms with Gasteiger partial charge in [0.05, 0.1) is 31.2 Å². The molecular formula is C13H26O5. The molecule has 18 heavy (non-hydrogen) atoms. The van der Waals surface area contributed by atoms with Crippen molar-refractivity contribution in [2.75, 3.05) is 19.8 Å². The molecule has 0 aliphatic carbocycles. The van der Waals surface area contributed by atoms with Crippen LogP contribution in [0.5, 0.6) is 0 Å². The van der Waals surface area contributed by atoms with Crippen molar-refractivity contribution in [2.24, 2.45) is 5.41 Å². The highest BCUT2D eigenvalue weighted by Crippen LogP contribution is 2.21. The summed E-state index contributed by atoms with van der Waals surface area (Å²) in [7, 11) is 0. The van der Waals surface area contributed by atoms with Crippen LogP contribution in [0.3, 0.4) is 0 Å². The lowest BCUT2D eigenvalue weighted by atomic mass is 9.88. The summed E-state index contributed by atoms with van der Waals surface area (Å²) in [5.41, 5.74) is -0.774. The largest absolute Gasteiger partial charge is 0.465 e. The summed E-state index contributed by atoms with van der Waals surface area (Å²) in [5.74, 6) is -0.488. The molecule has 0 aromatic heterocycles. The maximum Gasteiger partial charge on any atom is 0.308 e. The number of hydrogen-bond donors (Lipinski definition) is 3. The van der Waals surface area contributed by atoms with Crippen molar-refractivity contribution >= 4 is 5.97 Å². The van der Waals surface area contributed by atoms with Gasteiger partial charge in [0.25, 0.3) is 0 Å². The summed E-state index contributed by atoms with van der Waals surface area (Å²) < 4.78 is 5.01. The fourth-order valence-corrected chi connectivity index (χ4v) is 1.49. The highest BCUT2D eigenvalue weighted by Gasteiger charge is 2.28. The first kappa shape index (κ1) is 17.4. The van der Waals surface area contributed by atoms with Gasteiger partial charge in [0.1, 0.15) is 6.61 Å². The molecule has 5 heteroatoms. The Hall–Kier alpha value is -0.650. The summed E-state index contributed by atoms with van der Waals surface area (Å²) in [6.07, 6.45) is 2.25. The molecule has 0 radical (unpaired) electrons. The fourth-order valence-electron chi connectivity index (χ4n) is 1.49. The maximum absolute atomic E-state index is 11.5. The molecule has 1 atom stereocenters. The van der Waals surface area contributed by atoms with Crippen LogP contribution in [0.15, 0.2) is 0 Å². The highest BCUT2D eigenvalue weighted by atomic mass is 16.5. The second kappa shape index (κ2) is 9.30. The van der Waals surface area contributed by atoms with E-state index in [4.69, 9.17) is 4.74 Å². The predicted octanol–water partition coefficient (Wildman–Crippen LogP) is 0.852. The molecule has 0 amide bonds. The lowest BCUT2D eigenvalue weighted by Gasteiger charge is -2.27. The molecule has 0 aromatic carbocycles. The minimum Gasteiger partial charge on any atom is -0.465 e. The number of unbranched alkanes of at least 4 members (excludes halogenated alkanes) is 1. The van der Waals surface area contributed by atoms with Crippen LogP contribution in [0.25, 0.3) is 0 Å². The zero-order chi connectivity index (χ0) is 14.0. The van der Waals surface area contributed by atoms with E-state index in [-0.39, 0.29) is 26.2 Å². The van der Waals surface area contributed by atoms with E-state index in [9.17, 15) is 20.1 Å². The number of rotatable bonds is 10. The molecule has 5 nitrogen and oxygen atoms in total. The van der Waals surface area contributed by atoms with Gasteiger partial charge < -0.3 is 20.1 Å². The Labute approximate surface area is 109 Å². The molecule has 0 aliphatic rings. The summed E-state index contributed by atoms with van der Waals surface area (Å²) in [5, 5.41) is 27.9. The van der Waals surface area contributed by atoms with E-state index in [1.807, 2.05) is 13.8 Å². The van der Waals surface area contributed by atoms with E-state index in [2.05, 4.69) is 0 Å². The maximum atomic E-state index is 11.5. The minimum atomic E-state index is -0.774. The zero-order valence-electron chi connectivity index (χ0n) is 11.4. The first-order chi connectivity index (χ1) is 8.53. The average Bonchev–Trinajstić information content (AvgIpc) is 2.38. The van der Waals surface area contributed by atoms with Crippen molar-refractivity contribution in [3.05, 3.63) is 0 Å². The van der Waals surface area contributed by atoms with Crippen LogP contribution in [0.4, 0.5) is 0 Å². The number of esters is 1. The topological polar surface area (TPSA) is 87.0 Å². The number of ether oxygens (including phenoxy) is 1. The van der Waals surface area contributed by atoms with Gasteiger partial charge in [-0.1, -0.05) is 26.7 Å². The normalized spacial score (nSPS) is 13.4. The molecule has 0 aromatic rings. The number of aliphatic hydroxyl groups excluding tert-OH is 3. The Morgan fingerprint density at radius 3 is 2.33 bits per heavy atom. The molecule has 0 heterocycles. The first-order valence-corrected chi connectivity index (χ1v) is 6.59. The van der Waals surface area contributed by atoms with Crippen LogP contribution in [0.1, 0.15) is 46.0 Å². The summed E-state index contributed by atoms with van der Waals surface area (Å²) >= 11 is 0. The number of hydrogen-bond acceptors (Lipinski definition) is 5. The van der Waals surface area contributed by atoms with Gasteiger partial charge in [-0.3, -0.25) is 4.79 Å². The van der Waals surface area contributed by atoms with Crippen LogP contribution in [-0.2, 0) is 9.53 Å². The van der Waals surface area contributed by atoms with Crippen molar-refractivity contribution in [2.45, 2.75) is 52.1 Å². The third-order valence-corrected chi connectivity index (χ3v) is 3.25. The minimum absolute atomic E-state index is 0.0180. The molecule has 0 rings (SSSR count). The summed E-state index contributed by atoms with van der Waals surface area (Å²) in [6, 6.07) is 0. The van der Waals surface area contributed by atoms with Crippen molar-refractivity contribution in [3.8, 4) is 0 Å². The quantitative estimate of drug-likeness (QED) is 0.508. The molecule has 3 N–H and O–H groups in total. The van der Waals surface area contributed by atoms with Gasteiger partial charge in [-0.25, -0.2) is 0 Å². The van der Waals surface area contributed by atoms with Gasteiger partial charge in [-0.15, -0.1) is 0 Å². The van der Waals surface area contributed by atoms with Crippen LogP contribution < -0.4 is 0 Å². The van der Waals surface area contributed by atoms with Gasteiger partial charge in [-0.05, 0) is 12.8 Å². The van der Waals surface area contributed by atoms with Gasteiger partial charge in [0.2, 0.25) is 0 Å². The molecule has 0 fully saturated rings. The molecular weight excluding hydrogens is 236 g/mol. The van der Waals surface area contributed by atoms with Crippen molar-refractivity contribution in [3.63, 3.8) is 0 Å². The fraction of sp³-hybridized carbons (Fsp3) is 0.923.